The summed E-state index contributed by atoms with van der Waals surface area (Å²) in [6.07, 6.45) is 0. The monoisotopic (exact) mass is 412 g/mol. The first-order chi connectivity index (χ1) is 13.9. The number of halogens is 1. The van der Waals surface area contributed by atoms with Crippen LogP contribution in [0.15, 0.2) is 69.3 Å². The van der Waals surface area contributed by atoms with Crippen LogP contribution in [0, 0.1) is 0 Å². The zero-order valence-corrected chi connectivity index (χ0v) is 16.1. The number of nitrogens with zero attached hydrogens (tertiary/aromatic N) is 2. The van der Waals surface area contributed by atoms with Gasteiger partial charge in [-0.2, -0.15) is 5.10 Å². The van der Waals surface area contributed by atoms with Crippen LogP contribution in [-0.4, -0.2) is 26.3 Å². The summed E-state index contributed by atoms with van der Waals surface area (Å²) in [4.78, 5) is 38.8. The number of hydrogen-bond acceptors (Lipinski definition) is 5. The molecule has 29 heavy (non-hydrogen) atoms. The van der Waals surface area contributed by atoms with Crippen molar-refractivity contribution in [3.8, 4) is 5.88 Å². The lowest BCUT2D eigenvalue weighted by Crippen LogP contribution is -2.34. The SMILES string of the molecule is C/C(=N/NC(=O)c1ccccc1Cl)c1c(O)n(Cc2ccccc2)c(=O)[nH]c1=O. The Morgan fingerprint density at radius 3 is 2.48 bits per heavy atom. The Kier molecular flexibility index (Phi) is 5.94. The highest BCUT2D eigenvalue weighted by molar-refractivity contribution is 6.33. The number of hydrogen-bond donors (Lipinski definition) is 3. The van der Waals surface area contributed by atoms with Crippen molar-refractivity contribution < 1.29 is 9.90 Å². The van der Waals surface area contributed by atoms with Crippen molar-refractivity contribution in [2.24, 2.45) is 5.10 Å². The van der Waals surface area contributed by atoms with Crippen LogP contribution in [0.1, 0.15) is 28.4 Å². The second kappa shape index (κ2) is 8.57. The Morgan fingerprint density at radius 2 is 1.79 bits per heavy atom. The number of rotatable bonds is 5. The maximum atomic E-state index is 12.2. The summed E-state index contributed by atoms with van der Waals surface area (Å²) in [6.45, 7) is 1.48. The van der Waals surface area contributed by atoms with Crippen molar-refractivity contribution in [2.45, 2.75) is 13.5 Å². The van der Waals surface area contributed by atoms with Gasteiger partial charge in [0.15, 0.2) is 0 Å². The predicted octanol–water partition coefficient (Wildman–Crippen LogP) is 2.10. The topological polar surface area (TPSA) is 117 Å². The second-order valence-corrected chi connectivity index (χ2v) is 6.55. The minimum absolute atomic E-state index is 0.0194. The zero-order chi connectivity index (χ0) is 21.0. The van der Waals surface area contributed by atoms with Crippen LogP contribution in [-0.2, 0) is 6.54 Å². The van der Waals surface area contributed by atoms with E-state index in [4.69, 9.17) is 11.6 Å². The molecule has 9 heteroatoms. The molecule has 0 aliphatic carbocycles. The minimum Gasteiger partial charge on any atom is -0.494 e. The van der Waals surface area contributed by atoms with Crippen LogP contribution in [0.2, 0.25) is 5.02 Å². The van der Waals surface area contributed by atoms with Crippen molar-refractivity contribution in [3.05, 3.63) is 97.1 Å². The predicted molar refractivity (Wildman–Crippen MR) is 110 cm³/mol. The van der Waals surface area contributed by atoms with E-state index in [1.54, 1.807) is 42.5 Å². The summed E-state index contributed by atoms with van der Waals surface area (Å²) in [7, 11) is 0. The molecule has 148 valence electrons. The third-order valence-electron chi connectivity index (χ3n) is 4.16. The summed E-state index contributed by atoms with van der Waals surface area (Å²) >= 11 is 5.97. The molecule has 1 aromatic heterocycles. The second-order valence-electron chi connectivity index (χ2n) is 6.15. The number of amides is 1. The highest BCUT2D eigenvalue weighted by atomic mass is 35.5. The fourth-order valence-electron chi connectivity index (χ4n) is 2.69. The number of aromatic nitrogens is 2. The summed E-state index contributed by atoms with van der Waals surface area (Å²) < 4.78 is 1.01. The lowest BCUT2D eigenvalue weighted by molar-refractivity contribution is 0.0955. The summed E-state index contributed by atoms with van der Waals surface area (Å²) in [6, 6.07) is 15.4. The van der Waals surface area contributed by atoms with E-state index in [0.717, 1.165) is 10.1 Å². The third-order valence-corrected chi connectivity index (χ3v) is 4.49. The van der Waals surface area contributed by atoms with E-state index in [0.29, 0.717) is 0 Å². The van der Waals surface area contributed by atoms with Crippen molar-refractivity contribution in [3.63, 3.8) is 0 Å². The van der Waals surface area contributed by atoms with Gasteiger partial charge in [0.25, 0.3) is 11.5 Å². The van der Waals surface area contributed by atoms with E-state index in [1.165, 1.54) is 13.0 Å². The van der Waals surface area contributed by atoms with E-state index < -0.39 is 23.0 Å². The summed E-state index contributed by atoms with van der Waals surface area (Å²) in [5.74, 6) is -1.13. The van der Waals surface area contributed by atoms with Crippen molar-refractivity contribution in [1.82, 2.24) is 15.0 Å². The quantitative estimate of drug-likeness (QED) is 0.439. The smallest absolute Gasteiger partial charge is 0.331 e. The van der Waals surface area contributed by atoms with Gasteiger partial charge in [0.05, 0.1) is 22.8 Å². The van der Waals surface area contributed by atoms with Gasteiger partial charge in [0.1, 0.15) is 5.56 Å². The first-order valence-electron chi connectivity index (χ1n) is 8.58. The molecule has 3 N–H and O–H groups in total. The van der Waals surface area contributed by atoms with E-state index in [2.05, 4.69) is 15.5 Å². The van der Waals surface area contributed by atoms with E-state index in [9.17, 15) is 19.5 Å². The van der Waals surface area contributed by atoms with Gasteiger partial charge >= 0.3 is 5.69 Å². The first-order valence-corrected chi connectivity index (χ1v) is 8.96. The minimum atomic E-state index is -0.815. The molecule has 0 bridgehead atoms. The number of carbonyl (C=O) groups is 1. The average Bonchev–Trinajstić information content (AvgIpc) is 2.70. The highest BCUT2D eigenvalue weighted by Gasteiger charge is 2.18. The third kappa shape index (κ3) is 4.44. The molecular formula is C20H17ClN4O4. The van der Waals surface area contributed by atoms with Gasteiger partial charge in [-0.15, -0.1) is 0 Å². The zero-order valence-electron chi connectivity index (χ0n) is 15.3. The Bertz CT molecular complexity index is 1200. The molecule has 0 atom stereocenters. The molecule has 0 saturated heterocycles. The molecule has 0 saturated carbocycles. The summed E-state index contributed by atoms with van der Waals surface area (Å²) in [5, 5.41) is 14.7. The van der Waals surface area contributed by atoms with Gasteiger partial charge in [-0.25, -0.2) is 10.2 Å². The van der Waals surface area contributed by atoms with Crippen LogP contribution >= 0.6 is 11.6 Å². The molecule has 3 rings (SSSR count). The van der Waals surface area contributed by atoms with Crippen molar-refractivity contribution in [2.75, 3.05) is 0 Å². The van der Waals surface area contributed by atoms with Crippen LogP contribution < -0.4 is 16.7 Å². The molecular weight excluding hydrogens is 396 g/mol. The van der Waals surface area contributed by atoms with E-state index >= 15 is 0 Å². The normalized spacial score (nSPS) is 11.3. The number of nitrogens with one attached hydrogen (secondary N) is 2. The highest BCUT2D eigenvalue weighted by Crippen LogP contribution is 2.15. The molecule has 0 aliphatic heterocycles. The maximum Gasteiger partial charge on any atom is 0.331 e. The van der Waals surface area contributed by atoms with Gasteiger partial charge in [-0.1, -0.05) is 54.1 Å². The van der Waals surface area contributed by atoms with Crippen molar-refractivity contribution in [1.29, 1.82) is 0 Å². The Labute approximate surface area is 170 Å². The van der Waals surface area contributed by atoms with Gasteiger partial charge in [0.2, 0.25) is 5.88 Å². The van der Waals surface area contributed by atoms with Crippen LogP contribution in [0.3, 0.4) is 0 Å². The number of carbonyl (C=O) groups excluding carboxylic acids is 1. The standard InChI is InChI=1S/C20H17ClN4O4/c1-12(23-24-17(26)14-9-5-6-10-15(14)21)16-18(27)22-20(29)25(19(16)28)11-13-7-3-2-4-8-13/h2-10,28H,11H2,1H3,(H,24,26)(H,22,27,29)/b23-12-. The molecule has 0 unspecified atom stereocenters. The molecule has 0 radical (unpaired) electrons. The van der Waals surface area contributed by atoms with Crippen LogP contribution in [0.5, 0.6) is 5.88 Å². The first kappa shape index (κ1) is 20.1. The van der Waals surface area contributed by atoms with Crippen LogP contribution in [0.25, 0.3) is 0 Å². The number of H-pyrrole nitrogens is 1. The van der Waals surface area contributed by atoms with Gasteiger partial charge in [-0.3, -0.25) is 19.1 Å². The number of aromatic hydroxyl groups is 1. The fourth-order valence-corrected chi connectivity index (χ4v) is 2.92. The van der Waals surface area contributed by atoms with Gasteiger partial charge < -0.3 is 5.11 Å². The largest absolute Gasteiger partial charge is 0.494 e. The molecule has 1 amide bonds. The van der Waals surface area contributed by atoms with Gasteiger partial charge in [0, 0.05) is 0 Å². The van der Waals surface area contributed by atoms with Crippen molar-refractivity contribution >= 4 is 23.2 Å². The van der Waals surface area contributed by atoms with Crippen LogP contribution in [0.4, 0.5) is 0 Å². The molecule has 1 heterocycles. The average molecular weight is 413 g/mol. The van der Waals surface area contributed by atoms with Gasteiger partial charge in [-0.05, 0) is 24.6 Å². The molecule has 0 fully saturated rings. The molecule has 0 aliphatic rings. The molecule has 3 aromatic rings. The Balaban J connectivity index is 1.93. The lowest BCUT2D eigenvalue weighted by atomic mass is 10.2. The number of hydrazone groups is 1. The number of benzene rings is 2. The Hall–Kier alpha value is -3.65. The summed E-state index contributed by atoms with van der Waals surface area (Å²) in [5.41, 5.74) is 1.48. The van der Waals surface area contributed by atoms with E-state index in [-0.39, 0.29) is 28.4 Å². The fraction of sp³-hybridized carbons (Fsp3) is 0.100. The Morgan fingerprint density at radius 1 is 1.14 bits per heavy atom. The molecule has 0 spiro atoms. The molecule has 8 nitrogen and oxygen atoms in total. The number of aromatic amines is 1. The lowest BCUT2D eigenvalue weighted by Gasteiger charge is -2.11. The van der Waals surface area contributed by atoms with E-state index in [1.807, 2.05) is 6.07 Å². The molecule has 2 aromatic carbocycles. The maximum absolute atomic E-state index is 12.2.